The maximum absolute atomic E-state index is 12.4. The van der Waals surface area contributed by atoms with Crippen molar-refractivity contribution in [3.05, 3.63) is 12.2 Å². The molecule has 0 aromatic carbocycles. The summed E-state index contributed by atoms with van der Waals surface area (Å²) in [5, 5.41) is 6.74. The monoisotopic (exact) mass is 279 g/mol. The van der Waals surface area contributed by atoms with Gasteiger partial charge in [-0.2, -0.15) is 5.10 Å². The van der Waals surface area contributed by atoms with Crippen LogP contribution in [0.3, 0.4) is 0 Å². The van der Waals surface area contributed by atoms with Crippen molar-refractivity contribution in [2.45, 2.75) is 46.3 Å². The number of aromatic nitrogens is 3. The predicted molar refractivity (Wildman–Crippen MR) is 72.4 cm³/mol. The Bertz CT molecular complexity index is 531. The molecular weight excluding hydrogens is 258 g/mol. The molecule has 110 valence electrons. The van der Waals surface area contributed by atoms with Crippen LogP contribution in [0.15, 0.2) is 6.33 Å². The molecule has 7 nitrogen and oxygen atoms in total. The number of nitrogens with zero attached hydrogens (tertiary/aromatic N) is 4. The van der Waals surface area contributed by atoms with Gasteiger partial charge >= 0.3 is 0 Å². The highest BCUT2D eigenvalue weighted by molar-refractivity contribution is 5.97. The topological polar surface area (TPSA) is 80.1 Å². The molecule has 1 fully saturated rings. The first-order valence-corrected chi connectivity index (χ1v) is 6.65. The predicted octanol–water partition coefficient (Wildman–Crippen LogP) is 0.0767. The van der Waals surface area contributed by atoms with E-state index < -0.39 is 12.1 Å². The van der Waals surface area contributed by atoms with Crippen LogP contribution in [0, 0.1) is 5.41 Å². The number of carbonyl (C=O) groups is 2. The van der Waals surface area contributed by atoms with Crippen LogP contribution in [0.4, 0.5) is 0 Å². The quantitative estimate of drug-likeness (QED) is 0.831. The first-order valence-electron chi connectivity index (χ1n) is 6.65. The Labute approximate surface area is 118 Å². The van der Waals surface area contributed by atoms with Gasteiger partial charge in [0, 0.05) is 7.05 Å². The van der Waals surface area contributed by atoms with E-state index in [9.17, 15) is 9.59 Å². The zero-order valence-electron chi connectivity index (χ0n) is 12.5. The number of piperazine rings is 1. The minimum Gasteiger partial charge on any atom is -0.343 e. The maximum Gasteiger partial charge on any atom is 0.245 e. The molecule has 0 radical (unpaired) electrons. The van der Waals surface area contributed by atoms with E-state index in [0.717, 1.165) is 0 Å². The summed E-state index contributed by atoms with van der Waals surface area (Å²) in [5.41, 5.74) is -0.349. The van der Waals surface area contributed by atoms with Crippen molar-refractivity contribution in [3.63, 3.8) is 0 Å². The molecule has 1 saturated heterocycles. The molecule has 2 rings (SSSR count). The van der Waals surface area contributed by atoms with E-state index in [1.54, 1.807) is 23.6 Å². The number of hydrogen-bond acceptors (Lipinski definition) is 4. The lowest BCUT2D eigenvalue weighted by Crippen LogP contribution is -2.65. The third kappa shape index (κ3) is 2.52. The van der Waals surface area contributed by atoms with E-state index in [1.165, 1.54) is 6.33 Å². The lowest BCUT2D eigenvalue weighted by molar-refractivity contribution is -0.154. The minimum atomic E-state index is -0.511. The van der Waals surface area contributed by atoms with E-state index in [-0.39, 0.29) is 23.8 Å². The van der Waals surface area contributed by atoms with Crippen LogP contribution in [0.1, 0.15) is 33.5 Å². The molecular formula is C13H21N5O2. The average Bonchev–Trinajstić information content (AvgIpc) is 2.69. The van der Waals surface area contributed by atoms with E-state index in [2.05, 4.69) is 15.4 Å². The number of rotatable bonds is 2. The number of amides is 2. The van der Waals surface area contributed by atoms with Crippen molar-refractivity contribution in [2.75, 3.05) is 0 Å². The van der Waals surface area contributed by atoms with Crippen molar-refractivity contribution in [2.24, 2.45) is 12.5 Å². The zero-order valence-corrected chi connectivity index (χ0v) is 12.5. The Kier molecular flexibility index (Phi) is 3.54. The fourth-order valence-corrected chi connectivity index (χ4v) is 2.52. The molecule has 1 aliphatic rings. The third-order valence-electron chi connectivity index (χ3n) is 3.51. The summed E-state index contributed by atoms with van der Waals surface area (Å²) in [6.45, 7) is 7.83. The largest absolute Gasteiger partial charge is 0.343 e. The smallest absolute Gasteiger partial charge is 0.245 e. The second-order valence-electron chi connectivity index (χ2n) is 6.26. The fourth-order valence-electron chi connectivity index (χ4n) is 2.52. The summed E-state index contributed by atoms with van der Waals surface area (Å²) in [6, 6.07) is -1.02. The second-order valence-corrected chi connectivity index (χ2v) is 6.26. The molecule has 1 N–H and O–H groups in total. The molecule has 1 aliphatic heterocycles. The summed E-state index contributed by atoms with van der Waals surface area (Å²) >= 11 is 0. The first kappa shape index (κ1) is 14.5. The molecule has 2 heterocycles. The second kappa shape index (κ2) is 4.88. The lowest BCUT2D eigenvalue weighted by atomic mass is 9.83. The van der Waals surface area contributed by atoms with E-state index >= 15 is 0 Å². The minimum absolute atomic E-state index is 0.0903. The van der Waals surface area contributed by atoms with Crippen LogP contribution in [0.5, 0.6) is 0 Å². The summed E-state index contributed by atoms with van der Waals surface area (Å²) in [7, 11) is 1.77. The number of carbonyl (C=O) groups excluding carboxylic acids is 2. The van der Waals surface area contributed by atoms with Crippen LogP contribution in [0.2, 0.25) is 0 Å². The van der Waals surface area contributed by atoms with Gasteiger partial charge in [-0.05, 0) is 12.3 Å². The maximum atomic E-state index is 12.4. The molecule has 1 aromatic heterocycles. The van der Waals surface area contributed by atoms with Crippen LogP contribution >= 0.6 is 0 Å². The SMILES string of the molecule is CC1NC(=O)C(C(C)(C)C)N(Cc2ncnn2C)C1=O. The van der Waals surface area contributed by atoms with E-state index in [4.69, 9.17) is 0 Å². The fraction of sp³-hybridized carbons (Fsp3) is 0.692. The Morgan fingerprint density at radius 1 is 1.35 bits per heavy atom. The van der Waals surface area contributed by atoms with E-state index in [0.29, 0.717) is 5.82 Å². The Morgan fingerprint density at radius 3 is 2.50 bits per heavy atom. The Morgan fingerprint density at radius 2 is 2.00 bits per heavy atom. The summed E-state index contributed by atoms with van der Waals surface area (Å²) < 4.78 is 1.62. The normalized spacial score (nSPS) is 23.9. The Hall–Kier alpha value is -1.92. The van der Waals surface area contributed by atoms with Gasteiger partial charge < -0.3 is 10.2 Å². The number of nitrogens with one attached hydrogen (secondary N) is 1. The first-order chi connectivity index (χ1) is 9.21. The van der Waals surface area contributed by atoms with Gasteiger partial charge in [0.15, 0.2) is 0 Å². The van der Waals surface area contributed by atoms with Crippen molar-refractivity contribution in [3.8, 4) is 0 Å². The zero-order chi connectivity index (χ0) is 15.1. The molecule has 0 aliphatic carbocycles. The standard InChI is InChI=1S/C13H21N5O2/c1-8-12(20)18(6-9-14-7-15-17(9)5)10(11(19)16-8)13(2,3)4/h7-8,10H,6H2,1-5H3,(H,16,19). The van der Waals surface area contributed by atoms with Crippen LogP contribution < -0.4 is 5.32 Å². The Balaban J connectivity index is 2.35. The van der Waals surface area contributed by atoms with Gasteiger partial charge in [0.2, 0.25) is 11.8 Å². The van der Waals surface area contributed by atoms with Gasteiger partial charge in [0.25, 0.3) is 0 Å². The van der Waals surface area contributed by atoms with Crippen molar-refractivity contribution < 1.29 is 9.59 Å². The number of aryl methyl sites for hydroxylation is 1. The highest BCUT2D eigenvalue weighted by atomic mass is 16.2. The van der Waals surface area contributed by atoms with Crippen molar-refractivity contribution in [1.82, 2.24) is 25.0 Å². The van der Waals surface area contributed by atoms with Gasteiger partial charge in [-0.1, -0.05) is 20.8 Å². The summed E-state index contributed by atoms with van der Waals surface area (Å²) in [4.78, 5) is 30.4. The average molecular weight is 279 g/mol. The summed E-state index contributed by atoms with van der Waals surface area (Å²) in [5.74, 6) is 0.453. The molecule has 2 unspecified atom stereocenters. The number of hydrogen-bond donors (Lipinski definition) is 1. The third-order valence-corrected chi connectivity index (χ3v) is 3.51. The molecule has 20 heavy (non-hydrogen) atoms. The highest BCUT2D eigenvalue weighted by Gasteiger charge is 2.45. The molecule has 0 bridgehead atoms. The lowest BCUT2D eigenvalue weighted by Gasteiger charge is -2.43. The van der Waals surface area contributed by atoms with Crippen LogP contribution in [0.25, 0.3) is 0 Å². The molecule has 0 spiro atoms. The van der Waals surface area contributed by atoms with Crippen molar-refractivity contribution >= 4 is 11.8 Å². The van der Waals surface area contributed by atoms with Crippen LogP contribution in [-0.4, -0.2) is 43.6 Å². The van der Waals surface area contributed by atoms with Crippen LogP contribution in [-0.2, 0) is 23.2 Å². The van der Waals surface area contributed by atoms with Crippen molar-refractivity contribution in [1.29, 1.82) is 0 Å². The molecule has 1 aromatic rings. The van der Waals surface area contributed by atoms with Gasteiger partial charge in [0.05, 0.1) is 6.54 Å². The molecule has 0 saturated carbocycles. The summed E-state index contributed by atoms with van der Waals surface area (Å²) in [6.07, 6.45) is 1.44. The van der Waals surface area contributed by atoms with Gasteiger partial charge in [-0.3, -0.25) is 14.3 Å². The molecule has 2 amide bonds. The van der Waals surface area contributed by atoms with Gasteiger partial charge in [-0.15, -0.1) is 0 Å². The molecule has 7 heteroatoms. The van der Waals surface area contributed by atoms with Gasteiger partial charge in [0.1, 0.15) is 24.2 Å². The highest BCUT2D eigenvalue weighted by Crippen LogP contribution is 2.28. The molecule has 2 atom stereocenters. The van der Waals surface area contributed by atoms with E-state index in [1.807, 2.05) is 20.8 Å². The van der Waals surface area contributed by atoms with Gasteiger partial charge in [-0.25, -0.2) is 4.98 Å².